The Morgan fingerprint density at radius 2 is 1.77 bits per heavy atom. The molecule has 1 saturated carbocycles. The van der Waals surface area contributed by atoms with E-state index < -0.39 is 10.0 Å². The summed E-state index contributed by atoms with van der Waals surface area (Å²) in [5.41, 5.74) is 0. The lowest BCUT2D eigenvalue weighted by atomic mass is 9.89. The van der Waals surface area contributed by atoms with Crippen LogP contribution in [0.5, 0.6) is 0 Å². The normalized spacial score (nSPS) is 20.8. The van der Waals surface area contributed by atoms with Gasteiger partial charge in [0.1, 0.15) is 0 Å². The largest absolute Gasteiger partial charge is 0.213 e. The van der Waals surface area contributed by atoms with E-state index >= 15 is 0 Å². The van der Waals surface area contributed by atoms with Crippen LogP contribution in [0.4, 0.5) is 0 Å². The molecule has 4 heteroatoms. The maximum absolute atomic E-state index is 11.1. The van der Waals surface area contributed by atoms with Gasteiger partial charge in [-0.1, -0.05) is 19.3 Å². The Kier molecular flexibility index (Phi) is 3.74. The second-order valence-corrected chi connectivity index (χ2v) is 6.14. The van der Waals surface area contributed by atoms with Gasteiger partial charge in [0.15, 0.2) is 0 Å². The molecule has 0 aromatic carbocycles. The van der Waals surface area contributed by atoms with Crippen molar-refractivity contribution in [3.63, 3.8) is 0 Å². The van der Waals surface area contributed by atoms with Crippen LogP contribution in [-0.2, 0) is 10.0 Å². The summed E-state index contributed by atoms with van der Waals surface area (Å²) in [5.74, 6) is 0.591. The highest BCUT2D eigenvalue weighted by Crippen LogP contribution is 2.24. The highest BCUT2D eigenvalue weighted by Gasteiger charge is 2.19. The topological polar surface area (TPSA) is 37.4 Å². The summed E-state index contributed by atoms with van der Waals surface area (Å²) in [4.78, 5) is 0. The Morgan fingerprint density at radius 1 is 1.23 bits per heavy atom. The molecule has 0 heterocycles. The third kappa shape index (κ3) is 3.65. The predicted molar refractivity (Wildman–Crippen MR) is 54.0 cm³/mol. The number of hydrogen-bond donors (Lipinski definition) is 0. The van der Waals surface area contributed by atoms with E-state index in [2.05, 4.69) is 0 Å². The minimum absolute atomic E-state index is 0.591. The Hall–Kier alpha value is -0.0900. The first kappa shape index (κ1) is 11.0. The second kappa shape index (κ2) is 4.42. The fourth-order valence-corrected chi connectivity index (χ4v) is 2.35. The van der Waals surface area contributed by atoms with Gasteiger partial charge in [-0.15, -0.1) is 0 Å². The molecule has 0 radical (unpaired) electrons. The minimum atomic E-state index is -2.97. The molecule has 0 bridgehead atoms. The number of sulfonamides is 1. The van der Waals surface area contributed by atoms with Crippen LogP contribution in [0.25, 0.3) is 0 Å². The monoisotopic (exact) mass is 205 g/mol. The predicted octanol–water partition coefficient (Wildman–Crippen LogP) is 1.46. The first-order chi connectivity index (χ1) is 6.00. The fourth-order valence-electron chi connectivity index (χ4n) is 1.87. The van der Waals surface area contributed by atoms with Gasteiger partial charge in [0.2, 0.25) is 10.0 Å². The zero-order valence-electron chi connectivity index (χ0n) is 8.49. The first-order valence-corrected chi connectivity index (χ1v) is 6.76. The van der Waals surface area contributed by atoms with Gasteiger partial charge in [0.25, 0.3) is 0 Å². The van der Waals surface area contributed by atoms with Crippen LogP contribution < -0.4 is 0 Å². The highest BCUT2D eigenvalue weighted by molar-refractivity contribution is 7.88. The van der Waals surface area contributed by atoms with Crippen molar-refractivity contribution in [2.45, 2.75) is 32.1 Å². The third-order valence-electron chi connectivity index (χ3n) is 2.81. The number of nitrogens with zero attached hydrogens (tertiary/aromatic N) is 1. The second-order valence-electron chi connectivity index (χ2n) is 4.05. The smallest absolute Gasteiger partial charge is 0.210 e. The van der Waals surface area contributed by atoms with Gasteiger partial charge in [0.05, 0.1) is 6.26 Å². The van der Waals surface area contributed by atoms with Crippen LogP contribution in [0.15, 0.2) is 0 Å². The van der Waals surface area contributed by atoms with E-state index in [0.29, 0.717) is 12.5 Å². The zero-order chi connectivity index (χ0) is 9.90. The molecule has 0 atom stereocenters. The summed E-state index contributed by atoms with van der Waals surface area (Å²) in [7, 11) is -1.30. The van der Waals surface area contributed by atoms with E-state index in [4.69, 9.17) is 0 Å². The lowest BCUT2D eigenvalue weighted by molar-refractivity contribution is 0.301. The van der Waals surface area contributed by atoms with Crippen molar-refractivity contribution in [3.8, 4) is 0 Å². The maximum atomic E-state index is 11.1. The summed E-state index contributed by atoms with van der Waals surface area (Å²) >= 11 is 0. The Bertz CT molecular complexity index is 242. The highest BCUT2D eigenvalue weighted by atomic mass is 32.2. The van der Waals surface area contributed by atoms with E-state index in [9.17, 15) is 8.42 Å². The van der Waals surface area contributed by atoms with Gasteiger partial charge in [-0.2, -0.15) is 0 Å². The Balaban J connectivity index is 2.39. The average molecular weight is 205 g/mol. The molecule has 0 aromatic rings. The fraction of sp³-hybridized carbons (Fsp3) is 1.00. The van der Waals surface area contributed by atoms with Crippen molar-refractivity contribution in [2.24, 2.45) is 5.92 Å². The molecular weight excluding hydrogens is 186 g/mol. The minimum Gasteiger partial charge on any atom is -0.213 e. The molecule has 0 aliphatic heterocycles. The van der Waals surface area contributed by atoms with Crippen molar-refractivity contribution in [1.82, 2.24) is 4.31 Å². The van der Waals surface area contributed by atoms with E-state index in [0.717, 1.165) is 0 Å². The van der Waals surface area contributed by atoms with E-state index in [1.807, 2.05) is 0 Å². The lowest BCUT2D eigenvalue weighted by Gasteiger charge is -2.25. The molecular formula is C9H19NO2S. The summed E-state index contributed by atoms with van der Waals surface area (Å²) in [6.45, 7) is 0.707. The molecule has 0 N–H and O–H groups in total. The summed E-state index contributed by atoms with van der Waals surface area (Å²) < 4.78 is 23.7. The van der Waals surface area contributed by atoms with Crippen molar-refractivity contribution in [3.05, 3.63) is 0 Å². The zero-order valence-corrected chi connectivity index (χ0v) is 9.31. The van der Waals surface area contributed by atoms with E-state index in [1.54, 1.807) is 7.05 Å². The van der Waals surface area contributed by atoms with Crippen LogP contribution in [0.2, 0.25) is 0 Å². The van der Waals surface area contributed by atoms with Crippen molar-refractivity contribution < 1.29 is 8.42 Å². The van der Waals surface area contributed by atoms with Crippen LogP contribution in [-0.4, -0.2) is 32.6 Å². The van der Waals surface area contributed by atoms with Crippen molar-refractivity contribution in [2.75, 3.05) is 19.8 Å². The summed E-state index contributed by atoms with van der Waals surface area (Å²) in [5, 5.41) is 0. The molecule has 3 nitrogen and oxygen atoms in total. The van der Waals surface area contributed by atoms with Crippen LogP contribution >= 0.6 is 0 Å². The quantitative estimate of drug-likeness (QED) is 0.699. The van der Waals surface area contributed by atoms with Crippen LogP contribution in [0, 0.1) is 5.92 Å². The molecule has 0 amide bonds. The SMILES string of the molecule is CN(CC1CCCCC1)S(C)(=O)=O. The number of rotatable bonds is 3. The molecule has 0 unspecified atom stereocenters. The molecule has 78 valence electrons. The van der Waals surface area contributed by atoms with Gasteiger partial charge in [-0.3, -0.25) is 0 Å². The van der Waals surface area contributed by atoms with Gasteiger partial charge >= 0.3 is 0 Å². The molecule has 0 spiro atoms. The first-order valence-electron chi connectivity index (χ1n) is 4.91. The van der Waals surface area contributed by atoms with Crippen LogP contribution in [0.3, 0.4) is 0 Å². The van der Waals surface area contributed by atoms with Crippen LogP contribution in [0.1, 0.15) is 32.1 Å². The van der Waals surface area contributed by atoms with Crippen molar-refractivity contribution >= 4 is 10.0 Å². The molecule has 13 heavy (non-hydrogen) atoms. The molecule has 1 aliphatic carbocycles. The average Bonchev–Trinajstić information content (AvgIpc) is 2.04. The Labute approximate surface area is 81.2 Å². The van der Waals surface area contributed by atoms with E-state index in [1.165, 1.54) is 42.7 Å². The standard InChI is InChI=1S/C9H19NO2S/c1-10(13(2,11)12)8-9-6-4-3-5-7-9/h9H,3-8H2,1-2H3. The van der Waals surface area contributed by atoms with Gasteiger partial charge < -0.3 is 0 Å². The molecule has 0 saturated heterocycles. The molecule has 1 rings (SSSR count). The number of hydrogen-bond acceptors (Lipinski definition) is 2. The third-order valence-corrected chi connectivity index (χ3v) is 4.09. The van der Waals surface area contributed by atoms with Gasteiger partial charge in [0, 0.05) is 13.6 Å². The molecule has 0 aromatic heterocycles. The molecule has 1 fully saturated rings. The summed E-state index contributed by atoms with van der Waals surface area (Å²) in [6, 6.07) is 0. The summed E-state index contributed by atoms with van der Waals surface area (Å²) in [6.07, 6.45) is 7.51. The van der Waals surface area contributed by atoms with Gasteiger partial charge in [-0.05, 0) is 18.8 Å². The van der Waals surface area contributed by atoms with Gasteiger partial charge in [-0.25, -0.2) is 12.7 Å². The lowest BCUT2D eigenvalue weighted by Crippen LogP contribution is -2.31. The van der Waals surface area contributed by atoms with E-state index in [-0.39, 0.29) is 0 Å². The molecule has 1 aliphatic rings. The van der Waals surface area contributed by atoms with Crippen molar-refractivity contribution in [1.29, 1.82) is 0 Å². The Morgan fingerprint density at radius 3 is 2.23 bits per heavy atom. The maximum Gasteiger partial charge on any atom is 0.210 e.